The molecule has 3 aromatic carbocycles. The van der Waals surface area contributed by atoms with Crippen LogP contribution in [-0.4, -0.2) is 35.7 Å². The number of amides is 3. The van der Waals surface area contributed by atoms with Crippen molar-refractivity contribution in [1.82, 2.24) is 4.90 Å². The van der Waals surface area contributed by atoms with E-state index in [1.54, 1.807) is 48.5 Å². The first-order valence-electron chi connectivity index (χ1n) is 9.24. The van der Waals surface area contributed by atoms with Crippen LogP contribution in [0.5, 0.6) is 0 Å². The average molecular weight is 423 g/mol. The van der Waals surface area contributed by atoms with E-state index >= 15 is 0 Å². The van der Waals surface area contributed by atoms with Crippen LogP contribution < -0.4 is 4.90 Å². The summed E-state index contributed by atoms with van der Waals surface area (Å²) in [5, 5.41) is 0.389. The zero-order valence-electron chi connectivity index (χ0n) is 15.7. The maximum absolute atomic E-state index is 13.8. The SMILES string of the molecule is O=C1c2ccccc2C(=O)N1CCN(C(=O)c1cccc(Cl)c1)c1cccc(F)c1. The molecular formula is C23H16ClFN2O3. The first-order valence-corrected chi connectivity index (χ1v) is 9.62. The van der Waals surface area contributed by atoms with Crippen molar-refractivity contribution in [1.29, 1.82) is 0 Å². The minimum Gasteiger partial charge on any atom is -0.306 e. The highest BCUT2D eigenvalue weighted by atomic mass is 35.5. The highest BCUT2D eigenvalue weighted by Gasteiger charge is 2.35. The Morgan fingerprint density at radius 3 is 2.20 bits per heavy atom. The summed E-state index contributed by atoms with van der Waals surface area (Å²) in [5.74, 6) is -1.74. The van der Waals surface area contributed by atoms with Gasteiger partial charge in [-0.3, -0.25) is 19.3 Å². The van der Waals surface area contributed by atoms with Crippen molar-refractivity contribution in [3.05, 3.63) is 100 Å². The fourth-order valence-corrected chi connectivity index (χ4v) is 3.60. The van der Waals surface area contributed by atoms with Gasteiger partial charge in [-0.1, -0.05) is 35.9 Å². The van der Waals surface area contributed by atoms with Gasteiger partial charge in [0.25, 0.3) is 17.7 Å². The van der Waals surface area contributed by atoms with E-state index in [4.69, 9.17) is 11.6 Å². The number of carbonyl (C=O) groups is 3. The number of carbonyl (C=O) groups excluding carboxylic acids is 3. The molecule has 0 fully saturated rings. The Hall–Kier alpha value is -3.51. The predicted octanol–water partition coefficient (Wildman–Crippen LogP) is 4.42. The molecular weight excluding hydrogens is 407 g/mol. The van der Waals surface area contributed by atoms with E-state index < -0.39 is 23.5 Å². The highest BCUT2D eigenvalue weighted by Crippen LogP contribution is 2.24. The van der Waals surface area contributed by atoms with Gasteiger partial charge in [-0.2, -0.15) is 0 Å². The van der Waals surface area contributed by atoms with Crippen molar-refractivity contribution in [2.24, 2.45) is 0 Å². The van der Waals surface area contributed by atoms with Crippen LogP contribution in [0.1, 0.15) is 31.1 Å². The third kappa shape index (κ3) is 3.69. The molecule has 1 aliphatic heterocycles. The molecule has 0 bridgehead atoms. The lowest BCUT2D eigenvalue weighted by atomic mass is 10.1. The van der Waals surface area contributed by atoms with Gasteiger partial charge in [-0.25, -0.2) is 4.39 Å². The van der Waals surface area contributed by atoms with E-state index in [2.05, 4.69) is 0 Å². The van der Waals surface area contributed by atoms with Crippen LogP contribution >= 0.6 is 11.6 Å². The number of benzene rings is 3. The van der Waals surface area contributed by atoms with Gasteiger partial charge in [0.05, 0.1) is 11.1 Å². The summed E-state index contributed by atoms with van der Waals surface area (Å²) in [5.41, 5.74) is 1.30. The Balaban J connectivity index is 1.62. The summed E-state index contributed by atoms with van der Waals surface area (Å²) in [4.78, 5) is 40.8. The van der Waals surface area contributed by atoms with Gasteiger partial charge in [0.1, 0.15) is 5.82 Å². The number of hydrogen-bond donors (Lipinski definition) is 0. The Bertz CT molecular complexity index is 1130. The van der Waals surface area contributed by atoms with Crippen molar-refractivity contribution >= 4 is 35.0 Å². The van der Waals surface area contributed by atoms with Gasteiger partial charge in [-0.05, 0) is 48.5 Å². The third-order valence-corrected chi connectivity index (χ3v) is 5.10. The van der Waals surface area contributed by atoms with E-state index in [1.165, 1.54) is 29.2 Å². The van der Waals surface area contributed by atoms with Gasteiger partial charge in [0.15, 0.2) is 0 Å². The van der Waals surface area contributed by atoms with Gasteiger partial charge in [0, 0.05) is 29.4 Å². The van der Waals surface area contributed by atoms with Crippen LogP contribution in [0.3, 0.4) is 0 Å². The molecule has 1 heterocycles. The van der Waals surface area contributed by atoms with Crippen molar-refractivity contribution < 1.29 is 18.8 Å². The standard InChI is InChI=1S/C23H16ClFN2O3/c24-16-6-3-5-15(13-16)21(28)26(18-8-4-7-17(25)14-18)11-12-27-22(29)19-9-1-2-10-20(19)23(27)30/h1-10,13-14H,11-12H2. The Morgan fingerprint density at radius 2 is 1.57 bits per heavy atom. The van der Waals surface area contributed by atoms with Crippen molar-refractivity contribution in [3.63, 3.8) is 0 Å². The molecule has 5 nitrogen and oxygen atoms in total. The minimum absolute atomic E-state index is 0.000266. The number of anilines is 1. The van der Waals surface area contributed by atoms with Gasteiger partial charge >= 0.3 is 0 Å². The van der Waals surface area contributed by atoms with E-state index in [9.17, 15) is 18.8 Å². The zero-order chi connectivity index (χ0) is 21.3. The number of rotatable bonds is 5. The normalized spacial score (nSPS) is 12.8. The summed E-state index contributed by atoms with van der Waals surface area (Å²) in [7, 11) is 0. The van der Waals surface area contributed by atoms with Gasteiger partial charge in [0.2, 0.25) is 0 Å². The summed E-state index contributed by atoms with van der Waals surface area (Å²) < 4.78 is 13.8. The number of fused-ring (bicyclic) bond motifs is 1. The molecule has 3 amide bonds. The largest absolute Gasteiger partial charge is 0.306 e. The molecule has 1 aliphatic rings. The van der Waals surface area contributed by atoms with Crippen LogP contribution in [0.2, 0.25) is 5.02 Å². The summed E-state index contributed by atoms with van der Waals surface area (Å²) >= 11 is 6.01. The van der Waals surface area contributed by atoms with Gasteiger partial charge in [-0.15, -0.1) is 0 Å². The zero-order valence-corrected chi connectivity index (χ0v) is 16.5. The number of hydrogen-bond acceptors (Lipinski definition) is 3. The summed E-state index contributed by atoms with van der Waals surface area (Å²) in [6.45, 7) is -0.0323. The summed E-state index contributed by atoms with van der Waals surface area (Å²) in [6, 6.07) is 18.5. The Labute approximate surface area is 177 Å². The minimum atomic E-state index is -0.503. The van der Waals surface area contributed by atoms with Crippen LogP contribution in [0.25, 0.3) is 0 Å². The molecule has 0 N–H and O–H groups in total. The van der Waals surface area contributed by atoms with Crippen molar-refractivity contribution in [2.75, 3.05) is 18.0 Å². The van der Waals surface area contributed by atoms with Gasteiger partial charge < -0.3 is 4.90 Å². The van der Waals surface area contributed by atoms with Crippen LogP contribution in [0.15, 0.2) is 72.8 Å². The number of halogens is 2. The lowest BCUT2D eigenvalue weighted by Gasteiger charge is -2.25. The lowest BCUT2D eigenvalue weighted by molar-refractivity contribution is 0.0654. The average Bonchev–Trinajstić information content (AvgIpc) is 2.99. The summed E-state index contributed by atoms with van der Waals surface area (Å²) in [6.07, 6.45) is 0. The number of nitrogens with zero attached hydrogens (tertiary/aromatic N) is 2. The smallest absolute Gasteiger partial charge is 0.261 e. The number of imide groups is 1. The van der Waals surface area contributed by atoms with E-state index in [0.717, 1.165) is 4.90 Å². The molecule has 0 atom stereocenters. The molecule has 30 heavy (non-hydrogen) atoms. The second-order valence-electron chi connectivity index (χ2n) is 6.75. The fraction of sp³-hybridized carbons (Fsp3) is 0.0870. The Morgan fingerprint density at radius 1 is 0.900 bits per heavy atom. The molecule has 0 radical (unpaired) electrons. The maximum atomic E-state index is 13.8. The molecule has 0 spiro atoms. The molecule has 150 valence electrons. The van der Waals surface area contributed by atoms with E-state index in [1.807, 2.05) is 0 Å². The Kier molecular flexibility index (Phi) is 5.33. The second kappa shape index (κ2) is 8.08. The monoisotopic (exact) mass is 422 g/mol. The lowest BCUT2D eigenvalue weighted by Crippen LogP contribution is -2.41. The van der Waals surface area contributed by atoms with Crippen LogP contribution in [0.4, 0.5) is 10.1 Å². The molecule has 0 saturated heterocycles. The fourth-order valence-electron chi connectivity index (χ4n) is 3.41. The molecule has 0 aromatic heterocycles. The van der Waals surface area contributed by atoms with Crippen molar-refractivity contribution in [2.45, 2.75) is 0 Å². The topological polar surface area (TPSA) is 57.7 Å². The van der Waals surface area contributed by atoms with Crippen LogP contribution in [-0.2, 0) is 0 Å². The van der Waals surface area contributed by atoms with E-state index in [0.29, 0.717) is 27.4 Å². The molecule has 4 rings (SSSR count). The first-order chi connectivity index (χ1) is 14.5. The first kappa shape index (κ1) is 19.8. The third-order valence-electron chi connectivity index (χ3n) is 4.86. The molecule has 3 aromatic rings. The van der Waals surface area contributed by atoms with Crippen molar-refractivity contribution in [3.8, 4) is 0 Å². The molecule has 0 saturated carbocycles. The molecule has 7 heteroatoms. The maximum Gasteiger partial charge on any atom is 0.261 e. The quantitative estimate of drug-likeness (QED) is 0.572. The molecule has 0 aliphatic carbocycles. The van der Waals surface area contributed by atoms with E-state index in [-0.39, 0.29) is 13.1 Å². The highest BCUT2D eigenvalue weighted by molar-refractivity contribution is 6.31. The second-order valence-corrected chi connectivity index (χ2v) is 7.19. The molecule has 0 unspecified atom stereocenters. The van der Waals surface area contributed by atoms with Crippen LogP contribution in [0, 0.1) is 5.82 Å². The predicted molar refractivity (Wildman–Crippen MR) is 111 cm³/mol.